The molecule has 2 aliphatic carbocycles. The fourth-order valence-electron chi connectivity index (χ4n) is 3.94. The standard InChI is InChI=1S/C16H21ClN2S/c1-10(13-9-11-6-7-12(13)8-11)18-16(20)19-15-5-3-2-4-14(15)17/h2-5,10-13H,6-9H2,1H3,(H2,18,19,20)/t10-,11+,12+,13-/m1/s1. The topological polar surface area (TPSA) is 24.1 Å². The van der Waals surface area contributed by atoms with E-state index in [4.69, 9.17) is 23.8 Å². The van der Waals surface area contributed by atoms with E-state index in [0.29, 0.717) is 16.2 Å². The number of nitrogens with one attached hydrogen (secondary N) is 2. The molecule has 0 unspecified atom stereocenters. The van der Waals surface area contributed by atoms with Crippen LogP contribution in [-0.4, -0.2) is 11.2 Å². The van der Waals surface area contributed by atoms with Crippen LogP contribution in [0.4, 0.5) is 5.69 Å². The third kappa shape index (κ3) is 2.94. The maximum absolute atomic E-state index is 6.13. The number of benzene rings is 1. The second kappa shape index (κ2) is 5.90. The Bertz CT molecular complexity index is 505. The number of hydrogen-bond acceptors (Lipinski definition) is 1. The van der Waals surface area contributed by atoms with Gasteiger partial charge in [0.1, 0.15) is 0 Å². The second-order valence-electron chi connectivity index (χ2n) is 6.21. The fourth-order valence-corrected chi connectivity index (χ4v) is 4.42. The van der Waals surface area contributed by atoms with Gasteiger partial charge in [-0.05, 0) is 68.3 Å². The lowest BCUT2D eigenvalue weighted by molar-refractivity contribution is 0.279. The van der Waals surface area contributed by atoms with Gasteiger partial charge in [-0.2, -0.15) is 0 Å². The van der Waals surface area contributed by atoms with Crippen LogP contribution in [0.25, 0.3) is 0 Å². The number of anilines is 1. The first kappa shape index (κ1) is 14.2. The summed E-state index contributed by atoms with van der Waals surface area (Å²) in [5.41, 5.74) is 0.867. The molecule has 3 rings (SSSR count). The zero-order chi connectivity index (χ0) is 14.1. The molecular formula is C16H21ClN2S. The van der Waals surface area contributed by atoms with Crippen molar-refractivity contribution in [1.29, 1.82) is 0 Å². The first-order valence-electron chi connectivity index (χ1n) is 7.45. The molecule has 0 radical (unpaired) electrons. The predicted molar refractivity (Wildman–Crippen MR) is 89.2 cm³/mol. The third-order valence-electron chi connectivity index (χ3n) is 4.92. The third-order valence-corrected chi connectivity index (χ3v) is 5.47. The van der Waals surface area contributed by atoms with Crippen LogP contribution in [0.15, 0.2) is 24.3 Å². The van der Waals surface area contributed by atoms with E-state index in [2.05, 4.69) is 17.6 Å². The SMILES string of the molecule is C[C@@H](NC(=S)Nc1ccccc1Cl)[C@H]1C[C@H]2CC[C@H]1C2. The summed E-state index contributed by atoms with van der Waals surface area (Å²) >= 11 is 11.5. The molecule has 4 heteroatoms. The van der Waals surface area contributed by atoms with Gasteiger partial charge in [-0.15, -0.1) is 0 Å². The van der Waals surface area contributed by atoms with Gasteiger partial charge in [-0.1, -0.05) is 30.2 Å². The Labute approximate surface area is 131 Å². The van der Waals surface area contributed by atoms with E-state index in [-0.39, 0.29) is 0 Å². The van der Waals surface area contributed by atoms with E-state index in [0.717, 1.165) is 23.4 Å². The van der Waals surface area contributed by atoms with E-state index >= 15 is 0 Å². The Morgan fingerprint density at radius 3 is 2.75 bits per heavy atom. The van der Waals surface area contributed by atoms with Crippen molar-refractivity contribution in [3.05, 3.63) is 29.3 Å². The molecule has 0 aliphatic heterocycles. The molecule has 2 N–H and O–H groups in total. The summed E-state index contributed by atoms with van der Waals surface area (Å²) in [7, 11) is 0. The van der Waals surface area contributed by atoms with Gasteiger partial charge < -0.3 is 10.6 Å². The summed E-state index contributed by atoms with van der Waals surface area (Å²) in [4.78, 5) is 0. The monoisotopic (exact) mass is 308 g/mol. The van der Waals surface area contributed by atoms with Crippen molar-refractivity contribution in [2.75, 3.05) is 5.32 Å². The lowest BCUT2D eigenvalue weighted by atomic mass is 9.84. The molecule has 0 saturated heterocycles. The molecule has 20 heavy (non-hydrogen) atoms. The summed E-state index contributed by atoms with van der Waals surface area (Å²) in [5, 5.41) is 8.01. The molecule has 0 amide bonds. The van der Waals surface area contributed by atoms with E-state index < -0.39 is 0 Å². The van der Waals surface area contributed by atoms with Crippen molar-refractivity contribution in [2.45, 2.75) is 38.6 Å². The van der Waals surface area contributed by atoms with E-state index in [9.17, 15) is 0 Å². The molecule has 108 valence electrons. The van der Waals surface area contributed by atoms with Crippen LogP contribution in [0.3, 0.4) is 0 Å². The molecule has 1 aromatic carbocycles. The molecule has 0 heterocycles. The van der Waals surface area contributed by atoms with E-state index in [1.54, 1.807) is 0 Å². The van der Waals surface area contributed by atoms with Gasteiger partial charge in [0.15, 0.2) is 5.11 Å². The van der Waals surface area contributed by atoms with Crippen molar-refractivity contribution in [3.8, 4) is 0 Å². The minimum Gasteiger partial charge on any atom is -0.360 e. The average Bonchev–Trinajstić information content (AvgIpc) is 3.03. The second-order valence-corrected chi connectivity index (χ2v) is 7.02. The highest BCUT2D eigenvalue weighted by atomic mass is 35.5. The smallest absolute Gasteiger partial charge is 0.171 e. The first-order valence-corrected chi connectivity index (χ1v) is 8.24. The van der Waals surface area contributed by atoms with Crippen molar-refractivity contribution >= 4 is 34.6 Å². The minimum absolute atomic E-state index is 0.438. The first-order chi connectivity index (χ1) is 9.63. The zero-order valence-electron chi connectivity index (χ0n) is 11.7. The van der Waals surface area contributed by atoms with Crippen molar-refractivity contribution in [2.24, 2.45) is 17.8 Å². The summed E-state index contributed by atoms with van der Waals surface area (Å²) in [6, 6.07) is 8.12. The molecule has 2 bridgehead atoms. The number of thiocarbonyl (C=S) groups is 1. The average molecular weight is 309 g/mol. The highest BCUT2D eigenvalue weighted by Gasteiger charge is 2.41. The van der Waals surface area contributed by atoms with Gasteiger partial charge >= 0.3 is 0 Å². The van der Waals surface area contributed by atoms with E-state index in [1.165, 1.54) is 25.7 Å². The molecule has 1 aromatic rings. The largest absolute Gasteiger partial charge is 0.360 e. The molecule has 4 atom stereocenters. The number of rotatable bonds is 3. The van der Waals surface area contributed by atoms with Crippen molar-refractivity contribution in [1.82, 2.24) is 5.32 Å². The molecule has 2 fully saturated rings. The minimum atomic E-state index is 0.438. The van der Waals surface area contributed by atoms with Gasteiger partial charge in [0.25, 0.3) is 0 Å². The number of hydrogen-bond donors (Lipinski definition) is 2. The van der Waals surface area contributed by atoms with Crippen LogP contribution in [0.2, 0.25) is 5.02 Å². The molecule has 2 aliphatic rings. The van der Waals surface area contributed by atoms with E-state index in [1.807, 2.05) is 24.3 Å². The van der Waals surface area contributed by atoms with Crippen LogP contribution >= 0.6 is 23.8 Å². The lowest BCUT2D eigenvalue weighted by Crippen LogP contribution is -2.42. The van der Waals surface area contributed by atoms with Crippen molar-refractivity contribution < 1.29 is 0 Å². The summed E-state index contributed by atoms with van der Waals surface area (Å²) in [6.07, 6.45) is 5.65. The highest BCUT2D eigenvalue weighted by molar-refractivity contribution is 7.80. The van der Waals surface area contributed by atoms with Crippen molar-refractivity contribution in [3.63, 3.8) is 0 Å². The summed E-state index contributed by atoms with van der Waals surface area (Å²) in [6.45, 7) is 2.26. The molecule has 2 saturated carbocycles. The Morgan fingerprint density at radius 2 is 2.10 bits per heavy atom. The van der Waals surface area contributed by atoms with Crippen LogP contribution in [-0.2, 0) is 0 Å². The number of fused-ring (bicyclic) bond motifs is 2. The predicted octanol–water partition coefficient (Wildman–Crippen LogP) is 4.45. The molecule has 0 aromatic heterocycles. The number of halogens is 1. The van der Waals surface area contributed by atoms with Crippen LogP contribution in [0.5, 0.6) is 0 Å². The molecular weight excluding hydrogens is 288 g/mol. The summed E-state index contributed by atoms with van der Waals surface area (Å²) in [5.74, 6) is 2.66. The lowest BCUT2D eigenvalue weighted by Gasteiger charge is -2.29. The molecule has 2 nitrogen and oxygen atoms in total. The maximum atomic E-state index is 6.13. The van der Waals surface area contributed by atoms with Crippen LogP contribution in [0.1, 0.15) is 32.6 Å². The Hall–Kier alpha value is -0.800. The Morgan fingerprint density at radius 1 is 1.30 bits per heavy atom. The van der Waals surface area contributed by atoms with Crippen LogP contribution < -0.4 is 10.6 Å². The van der Waals surface area contributed by atoms with Gasteiger partial charge in [-0.3, -0.25) is 0 Å². The quantitative estimate of drug-likeness (QED) is 0.807. The Kier molecular flexibility index (Phi) is 4.18. The highest BCUT2D eigenvalue weighted by Crippen LogP contribution is 2.49. The van der Waals surface area contributed by atoms with Gasteiger partial charge in [-0.25, -0.2) is 0 Å². The van der Waals surface area contributed by atoms with Crippen LogP contribution in [0, 0.1) is 17.8 Å². The van der Waals surface area contributed by atoms with Gasteiger partial charge in [0, 0.05) is 6.04 Å². The summed E-state index contributed by atoms with van der Waals surface area (Å²) < 4.78 is 0. The normalized spacial score (nSPS) is 29.2. The fraction of sp³-hybridized carbons (Fsp3) is 0.562. The Balaban J connectivity index is 1.55. The van der Waals surface area contributed by atoms with Gasteiger partial charge in [0.2, 0.25) is 0 Å². The zero-order valence-corrected chi connectivity index (χ0v) is 13.3. The molecule has 0 spiro atoms. The maximum Gasteiger partial charge on any atom is 0.171 e. The van der Waals surface area contributed by atoms with Gasteiger partial charge in [0.05, 0.1) is 10.7 Å². The number of para-hydroxylation sites is 1.